The zero-order valence-electron chi connectivity index (χ0n) is 11.2. The quantitative estimate of drug-likeness (QED) is 0.679. The second-order valence-corrected chi connectivity index (χ2v) is 6.57. The molecule has 0 aliphatic heterocycles. The van der Waals surface area contributed by atoms with Crippen molar-refractivity contribution in [2.75, 3.05) is 0 Å². The second-order valence-electron chi connectivity index (χ2n) is 5.31. The fourth-order valence-electron chi connectivity index (χ4n) is 1.49. The first-order chi connectivity index (χ1) is 9.24. The van der Waals surface area contributed by atoms with E-state index < -0.39 is 0 Å². The van der Waals surface area contributed by atoms with Gasteiger partial charge in [-0.25, -0.2) is 4.98 Å². The highest BCUT2D eigenvalue weighted by molar-refractivity contribution is 6.34. The Morgan fingerprint density at radius 2 is 1.50 bits per heavy atom. The van der Waals surface area contributed by atoms with Gasteiger partial charge in [-0.15, -0.1) is 0 Å². The minimum atomic E-state index is -0.227. The van der Waals surface area contributed by atoms with E-state index in [1.165, 1.54) is 0 Å². The molecule has 0 radical (unpaired) electrons. The monoisotopic (exact) mass is 330 g/mol. The summed E-state index contributed by atoms with van der Waals surface area (Å²) in [6, 6.07) is 6.48. The number of rotatable bonds is 2. The summed E-state index contributed by atoms with van der Waals surface area (Å²) in [6.45, 7) is 6.00. The van der Waals surface area contributed by atoms with Crippen LogP contribution < -0.4 is 4.74 Å². The molecule has 0 aliphatic rings. The average Bonchev–Trinajstić information content (AvgIpc) is 2.25. The smallest absolute Gasteiger partial charge is 0.224 e. The number of aromatic nitrogens is 2. The molecule has 20 heavy (non-hydrogen) atoms. The van der Waals surface area contributed by atoms with Gasteiger partial charge < -0.3 is 4.74 Å². The highest BCUT2D eigenvalue weighted by atomic mass is 35.5. The second kappa shape index (κ2) is 5.76. The molecule has 0 saturated heterocycles. The lowest BCUT2D eigenvalue weighted by atomic mass is 9.96. The summed E-state index contributed by atoms with van der Waals surface area (Å²) < 4.78 is 5.65. The standard InChI is InChI=1S/C14H13Cl3N2O/c1-14(2,3)13-18-11(17)7-12(19-13)20-10-5-8(15)4-9(16)6-10/h4-7H,1-3H3. The molecule has 0 N–H and O–H groups in total. The van der Waals surface area contributed by atoms with Gasteiger partial charge in [-0.05, 0) is 18.2 Å². The molecule has 0 amide bonds. The van der Waals surface area contributed by atoms with E-state index in [1.807, 2.05) is 20.8 Å². The molecular formula is C14H13Cl3N2O. The fourth-order valence-corrected chi connectivity index (χ4v) is 2.17. The number of nitrogens with zero attached hydrogens (tertiary/aromatic N) is 2. The van der Waals surface area contributed by atoms with Crippen molar-refractivity contribution in [2.45, 2.75) is 26.2 Å². The lowest BCUT2D eigenvalue weighted by Crippen LogP contribution is -2.16. The van der Waals surface area contributed by atoms with Crippen molar-refractivity contribution in [3.8, 4) is 11.6 Å². The van der Waals surface area contributed by atoms with Gasteiger partial charge in [0, 0.05) is 21.5 Å². The van der Waals surface area contributed by atoms with Crippen LogP contribution in [-0.4, -0.2) is 9.97 Å². The van der Waals surface area contributed by atoms with Crippen molar-refractivity contribution < 1.29 is 4.74 Å². The zero-order chi connectivity index (χ0) is 14.9. The predicted octanol–water partition coefficient (Wildman–Crippen LogP) is 5.53. The molecule has 0 spiro atoms. The first-order valence-electron chi connectivity index (χ1n) is 5.93. The van der Waals surface area contributed by atoms with Gasteiger partial charge in [0.1, 0.15) is 16.7 Å². The van der Waals surface area contributed by atoms with Crippen molar-refractivity contribution in [3.05, 3.63) is 45.3 Å². The Morgan fingerprint density at radius 1 is 0.900 bits per heavy atom. The van der Waals surface area contributed by atoms with Crippen LogP contribution in [-0.2, 0) is 5.41 Å². The molecule has 3 nitrogen and oxygen atoms in total. The van der Waals surface area contributed by atoms with E-state index in [0.717, 1.165) is 0 Å². The van der Waals surface area contributed by atoms with Gasteiger partial charge in [-0.1, -0.05) is 55.6 Å². The minimum Gasteiger partial charge on any atom is -0.439 e. The molecule has 0 atom stereocenters. The van der Waals surface area contributed by atoms with E-state index in [1.54, 1.807) is 24.3 Å². The third-order valence-electron chi connectivity index (χ3n) is 2.40. The molecule has 6 heteroatoms. The molecule has 1 aromatic carbocycles. The van der Waals surface area contributed by atoms with Gasteiger partial charge in [0.25, 0.3) is 0 Å². The van der Waals surface area contributed by atoms with E-state index >= 15 is 0 Å². The largest absolute Gasteiger partial charge is 0.439 e. The third kappa shape index (κ3) is 3.98. The van der Waals surface area contributed by atoms with Gasteiger partial charge in [-0.3, -0.25) is 0 Å². The van der Waals surface area contributed by atoms with Crippen molar-refractivity contribution in [2.24, 2.45) is 0 Å². The fraction of sp³-hybridized carbons (Fsp3) is 0.286. The molecule has 2 aromatic rings. The number of benzene rings is 1. The molecule has 1 heterocycles. The lowest BCUT2D eigenvalue weighted by molar-refractivity contribution is 0.446. The Labute approximate surface area is 132 Å². The minimum absolute atomic E-state index is 0.227. The highest BCUT2D eigenvalue weighted by Gasteiger charge is 2.19. The average molecular weight is 332 g/mol. The van der Waals surface area contributed by atoms with E-state index in [4.69, 9.17) is 39.5 Å². The molecule has 2 rings (SSSR count). The predicted molar refractivity (Wildman–Crippen MR) is 82.3 cm³/mol. The Bertz CT molecular complexity index is 619. The molecule has 106 valence electrons. The zero-order valence-corrected chi connectivity index (χ0v) is 13.5. The van der Waals surface area contributed by atoms with Gasteiger partial charge in [0.15, 0.2) is 0 Å². The molecule has 1 aromatic heterocycles. The van der Waals surface area contributed by atoms with Crippen molar-refractivity contribution in [3.63, 3.8) is 0 Å². The summed E-state index contributed by atoms with van der Waals surface area (Å²) in [5.41, 5.74) is -0.227. The molecule has 0 fully saturated rings. The Morgan fingerprint density at radius 3 is 2.05 bits per heavy atom. The third-order valence-corrected chi connectivity index (χ3v) is 3.03. The summed E-state index contributed by atoms with van der Waals surface area (Å²) in [7, 11) is 0. The van der Waals surface area contributed by atoms with Gasteiger partial charge in [0.05, 0.1) is 0 Å². The Balaban J connectivity index is 2.36. The van der Waals surface area contributed by atoms with E-state index in [9.17, 15) is 0 Å². The summed E-state index contributed by atoms with van der Waals surface area (Å²) in [6.07, 6.45) is 0. The molecule has 0 bridgehead atoms. The summed E-state index contributed by atoms with van der Waals surface area (Å²) in [5.74, 6) is 1.46. The SMILES string of the molecule is CC(C)(C)c1nc(Cl)cc(Oc2cc(Cl)cc(Cl)c2)n1. The van der Waals surface area contributed by atoms with Gasteiger partial charge >= 0.3 is 0 Å². The van der Waals surface area contributed by atoms with Gasteiger partial charge in [0.2, 0.25) is 5.88 Å². The van der Waals surface area contributed by atoms with Crippen LogP contribution in [0.25, 0.3) is 0 Å². The van der Waals surface area contributed by atoms with Crippen molar-refractivity contribution >= 4 is 34.8 Å². The van der Waals surface area contributed by atoms with Crippen LogP contribution in [0, 0.1) is 0 Å². The number of ether oxygens (including phenoxy) is 1. The first kappa shape index (κ1) is 15.4. The topological polar surface area (TPSA) is 35.0 Å². The summed E-state index contributed by atoms with van der Waals surface area (Å²) >= 11 is 17.9. The Kier molecular flexibility index (Phi) is 4.43. The first-order valence-corrected chi connectivity index (χ1v) is 7.06. The van der Waals surface area contributed by atoms with E-state index in [0.29, 0.717) is 32.7 Å². The molecular weight excluding hydrogens is 319 g/mol. The van der Waals surface area contributed by atoms with Crippen LogP contribution >= 0.6 is 34.8 Å². The summed E-state index contributed by atoms with van der Waals surface area (Å²) in [5, 5.41) is 1.31. The van der Waals surface area contributed by atoms with Crippen LogP contribution in [0.15, 0.2) is 24.3 Å². The van der Waals surface area contributed by atoms with Crippen LogP contribution in [0.3, 0.4) is 0 Å². The van der Waals surface area contributed by atoms with Crippen molar-refractivity contribution in [1.29, 1.82) is 0 Å². The highest BCUT2D eigenvalue weighted by Crippen LogP contribution is 2.29. The number of hydrogen-bond donors (Lipinski definition) is 0. The summed E-state index contributed by atoms with van der Waals surface area (Å²) in [4.78, 5) is 8.56. The van der Waals surface area contributed by atoms with E-state index in [2.05, 4.69) is 9.97 Å². The van der Waals surface area contributed by atoms with E-state index in [-0.39, 0.29) is 5.41 Å². The molecule has 0 saturated carbocycles. The van der Waals surface area contributed by atoms with Crippen LogP contribution in [0.2, 0.25) is 15.2 Å². The molecule has 0 unspecified atom stereocenters. The maximum absolute atomic E-state index is 6.00. The maximum atomic E-state index is 6.00. The number of halogens is 3. The van der Waals surface area contributed by atoms with Crippen LogP contribution in [0.1, 0.15) is 26.6 Å². The maximum Gasteiger partial charge on any atom is 0.224 e. The Hall–Kier alpha value is -1.03. The van der Waals surface area contributed by atoms with Gasteiger partial charge in [-0.2, -0.15) is 4.98 Å². The van der Waals surface area contributed by atoms with Crippen molar-refractivity contribution in [1.82, 2.24) is 9.97 Å². The van der Waals surface area contributed by atoms with Crippen LogP contribution in [0.4, 0.5) is 0 Å². The number of hydrogen-bond acceptors (Lipinski definition) is 3. The molecule has 0 aliphatic carbocycles. The normalized spacial score (nSPS) is 11.5. The van der Waals surface area contributed by atoms with Crippen LogP contribution in [0.5, 0.6) is 11.6 Å². The lowest BCUT2D eigenvalue weighted by Gasteiger charge is -2.17.